The Morgan fingerprint density at radius 2 is 2.00 bits per heavy atom. The first-order valence-corrected chi connectivity index (χ1v) is 5.18. The van der Waals surface area contributed by atoms with Crippen molar-refractivity contribution in [1.29, 1.82) is 0 Å². The average molecular weight is 265 g/mol. The number of rotatable bonds is 2. The van der Waals surface area contributed by atoms with E-state index < -0.39 is 0 Å². The summed E-state index contributed by atoms with van der Waals surface area (Å²) < 4.78 is 6.53. The Bertz CT molecular complexity index is 491. The minimum absolute atomic E-state index is 0.642. The number of hydrogen-bond donors (Lipinski definition) is 1. The summed E-state index contributed by atoms with van der Waals surface area (Å²) in [6.45, 7) is 0. The molecule has 76 valence electrons. The molecule has 0 spiro atoms. The lowest BCUT2D eigenvalue weighted by Gasteiger charge is -1.98. The Kier molecular flexibility index (Phi) is 2.87. The van der Waals surface area contributed by atoms with Crippen molar-refractivity contribution in [3.63, 3.8) is 0 Å². The molecule has 2 aromatic rings. The summed E-state index contributed by atoms with van der Waals surface area (Å²) in [6, 6.07) is 11.6. The standard InChI is InChI=1S/C11H9BrN2O/c12-10-4-2-1-3-9(10)11-6-5-8(15-11)7-14-13/h1-7H,13H2/b14-7-. The van der Waals surface area contributed by atoms with Crippen molar-refractivity contribution in [2.45, 2.75) is 0 Å². The molecule has 0 saturated heterocycles. The smallest absolute Gasteiger partial charge is 0.147 e. The third-order valence-electron chi connectivity index (χ3n) is 1.97. The Labute approximate surface area is 95.7 Å². The van der Waals surface area contributed by atoms with Crippen LogP contribution in [0.1, 0.15) is 5.76 Å². The molecule has 0 bridgehead atoms. The molecule has 0 saturated carbocycles. The lowest BCUT2D eigenvalue weighted by Crippen LogP contribution is -1.82. The van der Waals surface area contributed by atoms with Crippen molar-refractivity contribution < 1.29 is 4.42 Å². The summed E-state index contributed by atoms with van der Waals surface area (Å²) in [6.07, 6.45) is 1.47. The average Bonchev–Trinajstić information content (AvgIpc) is 2.68. The predicted octanol–water partition coefficient (Wildman–Crippen LogP) is 3.00. The van der Waals surface area contributed by atoms with Gasteiger partial charge in [-0.1, -0.05) is 34.1 Å². The Balaban J connectivity index is 2.42. The maximum atomic E-state index is 5.53. The van der Waals surface area contributed by atoms with E-state index in [1.165, 1.54) is 6.21 Å². The van der Waals surface area contributed by atoms with Gasteiger partial charge in [-0.3, -0.25) is 0 Å². The molecule has 1 aromatic carbocycles. The minimum Gasteiger partial charge on any atom is -0.455 e. The zero-order valence-electron chi connectivity index (χ0n) is 7.85. The van der Waals surface area contributed by atoms with Gasteiger partial charge < -0.3 is 10.3 Å². The van der Waals surface area contributed by atoms with Gasteiger partial charge in [-0.25, -0.2) is 0 Å². The molecule has 0 atom stereocenters. The lowest BCUT2D eigenvalue weighted by atomic mass is 10.2. The third kappa shape index (κ3) is 2.10. The largest absolute Gasteiger partial charge is 0.455 e. The third-order valence-corrected chi connectivity index (χ3v) is 2.66. The van der Waals surface area contributed by atoms with E-state index in [-0.39, 0.29) is 0 Å². The molecule has 3 nitrogen and oxygen atoms in total. The van der Waals surface area contributed by atoms with E-state index in [1.807, 2.05) is 36.4 Å². The van der Waals surface area contributed by atoms with Gasteiger partial charge in [-0.05, 0) is 18.2 Å². The molecule has 4 heteroatoms. The van der Waals surface area contributed by atoms with Crippen molar-refractivity contribution in [3.8, 4) is 11.3 Å². The second kappa shape index (κ2) is 4.31. The van der Waals surface area contributed by atoms with E-state index in [4.69, 9.17) is 10.3 Å². The number of nitrogens with two attached hydrogens (primary N) is 1. The first kappa shape index (κ1) is 9.98. The van der Waals surface area contributed by atoms with Crippen LogP contribution >= 0.6 is 15.9 Å². The van der Waals surface area contributed by atoms with Gasteiger partial charge in [0, 0.05) is 10.0 Å². The van der Waals surface area contributed by atoms with Crippen molar-refractivity contribution in [2.24, 2.45) is 10.9 Å². The Hall–Kier alpha value is -1.55. The normalized spacial score (nSPS) is 11.0. The summed E-state index contributed by atoms with van der Waals surface area (Å²) in [4.78, 5) is 0. The molecular weight excluding hydrogens is 256 g/mol. The van der Waals surface area contributed by atoms with E-state index >= 15 is 0 Å². The van der Waals surface area contributed by atoms with Crippen molar-refractivity contribution in [3.05, 3.63) is 46.6 Å². The van der Waals surface area contributed by atoms with Gasteiger partial charge in [-0.2, -0.15) is 5.10 Å². The van der Waals surface area contributed by atoms with E-state index in [0.29, 0.717) is 5.76 Å². The molecule has 2 N–H and O–H groups in total. The van der Waals surface area contributed by atoms with Crippen molar-refractivity contribution >= 4 is 22.1 Å². The van der Waals surface area contributed by atoms with Crippen LogP contribution in [0.25, 0.3) is 11.3 Å². The molecule has 0 radical (unpaired) electrons. The number of furan rings is 1. The van der Waals surface area contributed by atoms with Crippen LogP contribution in [0.3, 0.4) is 0 Å². The number of benzene rings is 1. The molecule has 15 heavy (non-hydrogen) atoms. The van der Waals surface area contributed by atoms with Gasteiger partial charge in [0.05, 0.1) is 6.21 Å². The van der Waals surface area contributed by atoms with Crippen molar-refractivity contribution in [1.82, 2.24) is 0 Å². The van der Waals surface area contributed by atoms with Gasteiger partial charge in [-0.15, -0.1) is 0 Å². The van der Waals surface area contributed by atoms with Crippen LogP contribution in [-0.2, 0) is 0 Å². The van der Waals surface area contributed by atoms with E-state index in [9.17, 15) is 0 Å². The van der Waals surface area contributed by atoms with Gasteiger partial charge in [0.25, 0.3) is 0 Å². The van der Waals surface area contributed by atoms with Crippen LogP contribution in [0.2, 0.25) is 0 Å². The monoisotopic (exact) mass is 264 g/mol. The Morgan fingerprint density at radius 1 is 1.20 bits per heavy atom. The molecule has 0 amide bonds. The number of halogens is 1. The van der Waals surface area contributed by atoms with Crippen LogP contribution < -0.4 is 5.84 Å². The maximum Gasteiger partial charge on any atom is 0.147 e. The van der Waals surface area contributed by atoms with Gasteiger partial charge in [0.2, 0.25) is 0 Å². The van der Waals surface area contributed by atoms with Gasteiger partial charge in [0.1, 0.15) is 11.5 Å². The Morgan fingerprint density at radius 3 is 2.73 bits per heavy atom. The SMILES string of the molecule is N/N=C\c1ccc(-c2ccccc2Br)o1. The fourth-order valence-electron chi connectivity index (χ4n) is 1.30. The van der Waals surface area contributed by atoms with Crippen LogP contribution in [0.15, 0.2) is 50.4 Å². The minimum atomic E-state index is 0.642. The van der Waals surface area contributed by atoms with Crippen molar-refractivity contribution in [2.75, 3.05) is 0 Å². The van der Waals surface area contributed by atoms with Crippen LogP contribution in [-0.4, -0.2) is 6.21 Å². The highest BCUT2D eigenvalue weighted by Crippen LogP contribution is 2.28. The highest BCUT2D eigenvalue weighted by Gasteiger charge is 2.06. The first-order valence-electron chi connectivity index (χ1n) is 4.39. The molecule has 1 heterocycles. The fraction of sp³-hybridized carbons (Fsp3) is 0. The topological polar surface area (TPSA) is 51.5 Å². The number of hydrazone groups is 1. The highest BCUT2D eigenvalue weighted by atomic mass is 79.9. The number of nitrogens with zero attached hydrogens (tertiary/aromatic N) is 1. The molecule has 1 aromatic heterocycles. The molecule has 0 fully saturated rings. The maximum absolute atomic E-state index is 5.53. The molecule has 0 aliphatic carbocycles. The molecule has 0 unspecified atom stereocenters. The molecular formula is C11H9BrN2O. The summed E-state index contributed by atoms with van der Waals surface area (Å²) in [5.74, 6) is 6.47. The second-order valence-electron chi connectivity index (χ2n) is 2.96. The van der Waals surface area contributed by atoms with Crippen LogP contribution in [0, 0.1) is 0 Å². The zero-order chi connectivity index (χ0) is 10.7. The lowest BCUT2D eigenvalue weighted by molar-refractivity contribution is 0.574. The zero-order valence-corrected chi connectivity index (χ0v) is 9.44. The van der Waals surface area contributed by atoms with E-state index in [0.717, 1.165) is 15.8 Å². The predicted molar refractivity (Wildman–Crippen MR) is 63.6 cm³/mol. The quantitative estimate of drug-likeness (QED) is 0.515. The summed E-state index contributed by atoms with van der Waals surface area (Å²) >= 11 is 3.46. The molecule has 0 aliphatic rings. The highest BCUT2D eigenvalue weighted by molar-refractivity contribution is 9.10. The number of hydrogen-bond acceptors (Lipinski definition) is 3. The van der Waals surface area contributed by atoms with E-state index in [2.05, 4.69) is 21.0 Å². The van der Waals surface area contributed by atoms with Gasteiger partial charge in [0.15, 0.2) is 0 Å². The molecule has 2 rings (SSSR count). The summed E-state index contributed by atoms with van der Waals surface area (Å²) in [7, 11) is 0. The first-order chi connectivity index (χ1) is 7.31. The van der Waals surface area contributed by atoms with E-state index in [1.54, 1.807) is 0 Å². The second-order valence-corrected chi connectivity index (χ2v) is 3.81. The van der Waals surface area contributed by atoms with Gasteiger partial charge >= 0.3 is 0 Å². The molecule has 0 aliphatic heterocycles. The summed E-state index contributed by atoms with van der Waals surface area (Å²) in [5.41, 5.74) is 1.01. The fourth-order valence-corrected chi connectivity index (χ4v) is 1.78. The summed E-state index contributed by atoms with van der Waals surface area (Å²) in [5, 5.41) is 3.40. The van der Waals surface area contributed by atoms with Crippen LogP contribution in [0.4, 0.5) is 0 Å². The van der Waals surface area contributed by atoms with Crippen LogP contribution in [0.5, 0.6) is 0 Å².